The number of carboxylic acids is 2. The molecule has 166 valence electrons. The van der Waals surface area contributed by atoms with Crippen LogP contribution < -0.4 is 0 Å². The Morgan fingerprint density at radius 2 is 1.12 bits per heavy atom. The van der Waals surface area contributed by atoms with Gasteiger partial charge in [0.15, 0.2) is 5.78 Å². The second kappa shape index (κ2) is 8.63. The van der Waals surface area contributed by atoms with Gasteiger partial charge in [0.2, 0.25) is 0 Å². The third kappa shape index (κ3) is 3.96. The van der Waals surface area contributed by atoms with E-state index in [2.05, 4.69) is 0 Å². The number of phenols is 2. The van der Waals surface area contributed by atoms with Crippen LogP contribution in [-0.2, 0) is 6.42 Å². The second-order valence-electron chi connectivity index (χ2n) is 7.73. The van der Waals surface area contributed by atoms with Gasteiger partial charge >= 0.3 is 11.9 Å². The SMILES string of the molecule is O=C(O)c1cc(CCCC(=O)c2cc(C(=O)O)c(O)c3ccccc23)c2ccccc2c1O. The highest BCUT2D eigenvalue weighted by Gasteiger charge is 2.20. The van der Waals surface area contributed by atoms with Crippen molar-refractivity contribution in [2.45, 2.75) is 19.3 Å². The van der Waals surface area contributed by atoms with Crippen LogP contribution in [0, 0.1) is 0 Å². The van der Waals surface area contributed by atoms with Gasteiger partial charge in [0.1, 0.15) is 22.6 Å². The summed E-state index contributed by atoms with van der Waals surface area (Å²) in [6, 6.07) is 16.1. The van der Waals surface area contributed by atoms with Crippen LogP contribution in [0.3, 0.4) is 0 Å². The minimum atomic E-state index is -1.33. The summed E-state index contributed by atoms with van der Waals surface area (Å²) in [6.45, 7) is 0. The molecule has 0 atom stereocenters. The number of hydrogen-bond acceptors (Lipinski definition) is 5. The van der Waals surface area contributed by atoms with Crippen molar-refractivity contribution in [2.24, 2.45) is 0 Å². The van der Waals surface area contributed by atoms with E-state index in [9.17, 15) is 34.8 Å². The highest BCUT2D eigenvalue weighted by molar-refractivity contribution is 6.13. The van der Waals surface area contributed by atoms with Crippen molar-refractivity contribution in [3.63, 3.8) is 0 Å². The number of aryl methyl sites for hydroxylation is 1. The average molecular weight is 444 g/mol. The Morgan fingerprint density at radius 1 is 0.636 bits per heavy atom. The molecule has 0 spiro atoms. The molecular weight excluding hydrogens is 424 g/mol. The van der Waals surface area contributed by atoms with Crippen molar-refractivity contribution in [1.82, 2.24) is 0 Å². The Bertz CT molecular complexity index is 1440. The lowest BCUT2D eigenvalue weighted by atomic mass is 9.93. The van der Waals surface area contributed by atoms with Crippen molar-refractivity contribution in [1.29, 1.82) is 0 Å². The molecule has 33 heavy (non-hydrogen) atoms. The highest BCUT2D eigenvalue weighted by Crippen LogP contribution is 2.34. The van der Waals surface area contributed by atoms with Crippen molar-refractivity contribution < 1.29 is 34.8 Å². The smallest absolute Gasteiger partial charge is 0.339 e. The molecule has 0 aliphatic rings. The Morgan fingerprint density at radius 3 is 1.70 bits per heavy atom. The Kier molecular flexibility index (Phi) is 5.70. The monoisotopic (exact) mass is 444 g/mol. The number of aromatic carboxylic acids is 2. The van der Waals surface area contributed by atoms with E-state index in [1.165, 1.54) is 12.1 Å². The summed E-state index contributed by atoms with van der Waals surface area (Å²) >= 11 is 0. The number of rotatable bonds is 7. The van der Waals surface area contributed by atoms with Gasteiger partial charge in [-0.25, -0.2) is 9.59 Å². The summed E-state index contributed by atoms with van der Waals surface area (Å²) in [7, 11) is 0. The number of Topliss-reactive ketones (excluding diaryl/α,β-unsaturated/α-hetero) is 1. The lowest BCUT2D eigenvalue weighted by molar-refractivity contribution is 0.0682. The molecular formula is C26H20O7. The van der Waals surface area contributed by atoms with Crippen LogP contribution in [-0.4, -0.2) is 38.1 Å². The van der Waals surface area contributed by atoms with Crippen LogP contribution >= 0.6 is 0 Å². The molecule has 0 aromatic heterocycles. The highest BCUT2D eigenvalue weighted by atomic mass is 16.4. The maximum absolute atomic E-state index is 13.0. The largest absolute Gasteiger partial charge is 0.506 e. The number of carbonyl (C=O) groups is 3. The molecule has 4 aromatic carbocycles. The first kappa shape index (κ1) is 21.8. The first-order chi connectivity index (χ1) is 15.8. The number of fused-ring (bicyclic) bond motifs is 2. The lowest BCUT2D eigenvalue weighted by Gasteiger charge is -2.12. The zero-order chi connectivity index (χ0) is 23.7. The minimum absolute atomic E-state index is 0.0887. The number of hydrogen-bond donors (Lipinski definition) is 4. The Hall–Kier alpha value is -4.39. The molecule has 7 nitrogen and oxygen atoms in total. The molecule has 0 fully saturated rings. The maximum Gasteiger partial charge on any atom is 0.339 e. The second-order valence-corrected chi connectivity index (χ2v) is 7.73. The summed E-state index contributed by atoms with van der Waals surface area (Å²) < 4.78 is 0. The molecule has 0 bridgehead atoms. The van der Waals surface area contributed by atoms with Crippen LogP contribution in [0.4, 0.5) is 0 Å². The maximum atomic E-state index is 13.0. The van der Waals surface area contributed by atoms with E-state index in [0.29, 0.717) is 34.6 Å². The molecule has 4 rings (SSSR count). The normalized spacial score (nSPS) is 11.0. The Balaban J connectivity index is 1.64. The molecule has 4 N–H and O–H groups in total. The fraction of sp³-hybridized carbons (Fsp3) is 0.115. The topological polar surface area (TPSA) is 132 Å². The van der Waals surface area contributed by atoms with Crippen molar-refractivity contribution >= 4 is 39.3 Å². The van der Waals surface area contributed by atoms with Crippen molar-refractivity contribution in [3.05, 3.63) is 82.9 Å². The van der Waals surface area contributed by atoms with Crippen LogP contribution in [0.1, 0.15) is 49.5 Å². The molecule has 0 amide bonds. The third-order valence-corrected chi connectivity index (χ3v) is 5.73. The molecule has 4 aromatic rings. The van der Waals surface area contributed by atoms with Crippen LogP contribution in [0.2, 0.25) is 0 Å². The van der Waals surface area contributed by atoms with Crippen molar-refractivity contribution in [3.8, 4) is 11.5 Å². The summed E-state index contributed by atoms with van der Waals surface area (Å²) in [5, 5.41) is 41.3. The third-order valence-electron chi connectivity index (χ3n) is 5.73. The van der Waals surface area contributed by atoms with Gasteiger partial charge in [-0.3, -0.25) is 4.79 Å². The van der Waals surface area contributed by atoms with Crippen molar-refractivity contribution in [2.75, 3.05) is 0 Å². The van der Waals surface area contributed by atoms with Gasteiger partial charge in [-0.2, -0.15) is 0 Å². The molecule has 0 unspecified atom stereocenters. The van der Waals surface area contributed by atoms with E-state index in [0.717, 1.165) is 0 Å². The van der Waals surface area contributed by atoms with Gasteiger partial charge in [0, 0.05) is 22.8 Å². The van der Waals surface area contributed by atoms with E-state index < -0.39 is 11.9 Å². The molecule has 0 heterocycles. The molecule has 0 radical (unpaired) electrons. The number of carbonyl (C=O) groups excluding carboxylic acids is 1. The molecule has 0 saturated heterocycles. The van der Waals surface area contributed by atoms with Crippen LogP contribution in [0.5, 0.6) is 11.5 Å². The van der Waals surface area contributed by atoms with Crippen LogP contribution in [0.15, 0.2) is 60.7 Å². The van der Waals surface area contributed by atoms with Gasteiger partial charge < -0.3 is 20.4 Å². The fourth-order valence-electron chi connectivity index (χ4n) is 4.13. The van der Waals surface area contributed by atoms with Gasteiger partial charge in [0.05, 0.1) is 0 Å². The van der Waals surface area contributed by atoms with E-state index in [1.807, 2.05) is 0 Å². The van der Waals surface area contributed by atoms with Gasteiger partial charge in [0.25, 0.3) is 0 Å². The standard InChI is InChI=1S/C26H20O7/c27-22(19-13-21(26(32)33)24(29)18-10-4-2-8-16(18)19)11-5-6-14-12-20(25(30)31)23(28)17-9-3-1-7-15(14)17/h1-4,7-10,12-13,28-29H,5-6,11H2,(H,30,31)(H,32,33). The van der Waals surface area contributed by atoms with E-state index in [-0.39, 0.29) is 45.8 Å². The first-order valence-electron chi connectivity index (χ1n) is 10.3. The molecule has 0 aliphatic heterocycles. The summed E-state index contributed by atoms with van der Waals surface area (Å²) in [6.07, 6.45) is 0.852. The summed E-state index contributed by atoms with van der Waals surface area (Å²) in [4.78, 5) is 36.1. The number of benzene rings is 4. The van der Waals surface area contributed by atoms with Gasteiger partial charge in [-0.15, -0.1) is 0 Å². The Labute approximate surface area is 188 Å². The van der Waals surface area contributed by atoms with Gasteiger partial charge in [-0.1, -0.05) is 48.5 Å². The molecule has 7 heteroatoms. The van der Waals surface area contributed by atoms with E-state index in [1.54, 1.807) is 48.5 Å². The number of carboxylic acid groups (broad SMARTS) is 2. The van der Waals surface area contributed by atoms with Gasteiger partial charge in [-0.05, 0) is 41.3 Å². The summed E-state index contributed by atoms with van der Waals surface area (Å²) in [5.41, 5.74) is 0.358. The zero-order valence-corrected chi connectivity index (χ0v) is 17.4. The first-order valence-corrected chi connectivity index (χ1v) is 10.3. The molecule has 0 aliphatic carbocycles. The predicted molar refractivity (Wildman–Crippen MR) is 122 cm³/mol. The van der Waals surface area contributed by atoms with Crippen LogP contribution in [0.25, 0.3) is 21.5 Å². The number of ketones is 1. The summed E-state index contributed by atoms with van der Waals surface area (Å²) in [5.74, 6) is -3.53. The van der Waals surface area contributed by atoms with E-state index >= 15 is 0 Å². The molecule has 0 saturated carbocycles. The zero-order valence-electron chi connectivity index (χ0n) is 17.4. The average Bonchev–Trinajstić information content (AvgIpc) is 2.80. The lowest BCUT2D eigenvalue weighted by Crippen LogP contribution is -2.06. The predicted octanol–water partition coefficient (Wildman–Crippen LogP) is 5.01. The minimum Gasteiger partial charge on any atom is -0.506 e. The fourth-order valence-corrected chi connectivity index (χ4v) is 4.13. The van der Waals surface area contributed by atoms with E-state index in [4.69, 9.17) is 0 Å². The number of aromatic hydroxyl groups is 2. The quantitative estimate of drug-likeness (QED) is 0.295.